The Kier molecular flexibility index (Phi) is 4.62. The minimum atomic E-state index is -0.860. The molecule has 0 spiro atoms. The molecule has 1 unspecified atom stereocenters. The first-order valence-electron chi connectivity index (χ1n) is 5.90. The number of hydrogen-bond donors (Lipinski definition) is 1. The van der Waals surface area contributed by atoms with E-state index in [9.17, 15) is 9.59 Å². The molecule has 2 saturated heterocycles. The molecule has 2 fully saturated rings. The molecule has 2 rings (SSSR count). The highest BCUT2D eigenvalue weighted by Gasteiger charge is 2.34. The van der Waals surface area contributed by atoms with Crippen LogP contribution in [0.1, 0.15) is 19.3 Å². The van der Waals surface area contributed by atoms with Crippen LogP contribution in [-0.4, -0.2) is 57.0 Å². The van der Waals surface area contributed by atoms with Crippen LogP contribution in [0.2, 0.25) is 0 Å². The van der Waals surface area contributed by atoms with Crippen molar-refractivity contribution in [3.63, 3.8) is 0 Å². The lowest BCUT2D eigenvalue weighted by molar-refractivity contribution is -0.148. The van der Waals surface area contributed by atoms with Gasteiger partial charge >= 0.3 is 5.97 Å². The molecule has 0 radical (unpaired) electrons. The zero-order valence-corrected chi connectivity index (χ0v) is 11.3. The van der Waals surface area contributed by atoms with E-state index in [4.69, 9.17) is 5.11 Å². The fourth-order valence-corrected chi connectivity index (χ4v) is 4.96. The van der Waals surface area contributed by atoms with E-state index >= 15 is 0 Å². The maximum absolute atomic E-state index is 12.1. The Balaban J connectivity index is 1.88. The third-order valence-corrected chi connectivity index (χ3v) is 5.99. The summed E-state index contributed by atoms with van der Waals surface area (Å²) in [5.74, 6) is 2.44. The molecule has 4 nitrogen and oxygen atoms in total. The summed E-state index contributed by atoms with van der Waals surface area (Å²) >= 11 is 3.73. The van der Waals surface area contributed by atoms with Crippen LogP contribution in [0.15, 0.2) is 0 Å². The highest BCUT2D eigenvalue weighted by Crippen LogP contribution is 2.28. The molecule has 2 aliphatic rings. The monoisotopic (exact) mass is 275 g/mol. The van der Waals surface area contributed by atoms with Gasteiger partial charge in [0.1, 0.15) is 6.04 Å². The number of carbonyl (C=O) groups excluding carboxylic acids is 1. The molecule has 0 aromatic carbocycles. The van der Waals surface area contributed by atoms with Crippen LogP contribution in [0.25, 0.3) is 0 Å². The van der Waals surface area contributed by atoms with Crippen molar-refractivity contribution < 1.29 is 14.7 Å². The summed E-state index contributed by atoms with van der Waals surface area (Å²) in [5.41, 5.74) is 0. The van der Waals surface area contributed by atoms with E-state index in [0.29, 0.717) is 24.6 Å². The highest BCUT2D eigenvalue weighted by molar-refractivity contribution is 8.06. The Hall–Kier alpha value is -0.360. The van der Waals surface area contributed by atoms with E-state index in [2.05, 4.69) is 0 Å². The molecular formula is C11H17NO3S2. The summed E-state index contributed by atoms with van der Waals surface area (Å²) in [6.45, 7) is 0.611. The van der Waals surface area contributed by atoms with Crippen molar-refractivity contribution in [3.8, 4) is 0 Å². The number of carbonyl (C=O) groups is 2. The van der Waals surface area contributed by atoms with Crippen LogP contribution in [-0.2, 0) is 9.59 Å². The van der Waals surface area contributed by atoms with E-state index in [1.54, 1.807) is 4.90 Å². The lowest BCUT2D eigenvalue weighted by atomic mass is 10.2. The van der Waals surface area contributed by atoms with E-state index in [-0.39, 0.29) is 5.91 Å². The lowest BCUT2D eigenvalue weighted by Gasteiger charge is -2.25. The first kappa shape index (κ1) is 13.1. The summed E-state index contributed by atoms with van der Waals surface area (Å²) in [6, 6.07) is -0.580. The van der Waals surface area contributed by atoms with Gasteiger partial charge in [0.15, 0.2) is 0 Å². The lowest BCUT2D eigenvalue weighted by Crippen LogP contribution is -2.41. The Bertz CT molecular complexity index is 305. The molecule has 2 atom stereocenters. The summed E-state index contributed by atoms with van der Waals surface area (Å²) in [4.78, 5) is 24.6. The second-order valence-electron chi connectivity index (χ2n) is 4.36. The van der Waals surface area contributed by atoms with Crippen LogP contribution < -0.4 is 0 Å². The highest BCUT2D eigenvalue weighted by atomic mass is 32.2. The molecule has 6 heteroatoms. The maximum Gasteiger partial charge on any atom is 0.326 e. The van der Waals surface area contributed by atoms with E-state index < -0.39 is 12.0 Å². The normalized spacial score (nSPS) is 29.3. The summed E-state index contributed by atoms with van der Waals surface area (Å²) in [6.07, 6.45) is 1.92. The molecule has 2 aliphatic heterocycles. The zero-order valence-electron chi connectivity index (χ0n) is 9.63. The number of likely N-dealkylation sites (tertiary alicyclic amines) is 1. The van der Waals surface area contributed by atoms with Gasteiger partial charge in [-0.3, -0.25) is 4.79 Å². The number of rotatable bonds is 3. The minimum Gasteiger partial charge on any atom is -0.480 e. The van der Waals surface area contributed by atoms with Gasteiger partial charge in [-0.1, -0.05) is 0 Å². The van der Waals surface area contributed by atoms with Gasteiger partial charge in [-0.15, -0.1) is 0 Å². The Morgan fingerprint density at radius 1 is 1.35 bits per heavy atom. The average Bonchev–Trinajstić information content (AvgIpc) is 2.79. The Labute approximate surface area is 110 Å². The molecule has 1 N–H and O–H groups in total. The summed E-state index contributed by atoms with van der Waals surface area (Å²) in [7, 11) is 0. The Morgan fingerprint density at radius 2 is 2.18 bits per heavy atom. The zero-order chi connectivity index (χ0) is 12.3. The fourth-order valence-electron chi connectivity index (χ4n) is 2.29. The standard InChI is InChI=1S/C11H17NO3S2/c13-10(6-8-7-16-4-5-17-8)12-3-1-2-9(12)11(14)15/h8-9H,1-7H2,(H,14,15)/t8?,9-/m1/s1. The molecule has 0 aromatic rings. The topological polar surface area (TPSA) is 57.6 Å². The van der Waals surface area contributed by atoms with E-state index in [1.165, 1.54) is 0 Å². The second-order valence-corrected chi connectivity index (χ2v) is 6.91. The molecule has 0 aromatic heterocycles. The summed E-state index contributed by atoms with van der Waals surface area (Å²) in [5, 5.41) is 9.41. The number of nitrogens with zero attached hydrogens (tertiary/aromatic N) is 1. The number of carboxylic acid groups (broad SMARTS) is 1. The van der Waals surface area contributed by atoms with Gasteiger partial charge in [-0.25, -0.2) is 4.79 Å². The van der Waals surface area contributed by atoms with Crippen molar-refractivity contribution in [1.29, 1.82) is 0 Å². The molecule has 0 bridgehead atoms. The number of aliphatic carboxylic acids is 1. The van der Waals surface area contributed by atoms with Gasteiger partial charge in [0, 0.05) is 35.5 Å². The van der Waals surface area contributed by atoms with Crippen LogP contribution in [0.3, 0.4) is 0 Å². The van der Waals surface area contributed by atoms with Crippen molar-refractivity contribution in [2.75, 3.05) is 23.8 Å². The molecule has 0 aliphatic carbocycles. The van der Waals surface area contributed by atoms with Gasteiger partial charge in [0.25, 0.3) is 0 Å². The molecule has 1 amide bonds. The number of thioether (sulfide) groups is 2. The first-order chi connectivity index (χ1) is 8.18. The SMILES string of the molecule is O=C(O)[C@H]1CCCN1C(=O)CC1CSCCS1. The molecule has 96 valence electrons. The third kappa shape index (κ3) is 3.31. The van der Waals surface area contributed by atoms with Crippen LogP contribution in [0.4, 0.5) is 0 Å². The van der Waals surface area contributed by atoms with Crippen LogP contribution in [0.5, 0.6) is 0 Å². The molecule has 2 heterocycles. The van der Waals surface area contributed by atoms with Gasteiger partial charge in [0.05, 0.1) is 0 Å². The third-order valence-electron chi connectivity index (χ3n) is 3.15. The van der Waals surface area contributed by atoms with E-state index in [1.807, 2.05) is 23.5 Å². The number of amides is 1. The van der Waals surface area contributed by atoms with Gasteiger partial charge in [-0.2, -0.15) is 23.5 Å². The minimum absolute atomic E-state index is 0.0231. The first-order valence-corrected chi connectivity index (χ1v) is 8.10. The summed E-state index contributed by atoms with van der Waals surface area (Å²) < 4.78 is 0. The maximum atomic E-state index is 12.1. The molecule has 17 heavy (non-hydrogen) atoms. The number of hydrogen-bond acceptors (Lipinski definition) is 4. The van der Waals surface area contributed by atoms with Crippen LogP contribution >= 0.6 is 23.5 Å². The smallest absolute Gasteiger partial charge is 0.326 e. The fraction of sp³-hybridized carbons (Fsp3) is 0.818. The number of carboxylic acids is 1. The van der Waals surface area contributed by atoms with Gasteiger partial charge in [-0.05, 0) is 12.8 Å². The predicted molar refractivity (Wildman–Crippen MR) is 70.6 cm³/mol. The van der Waals surface area contributed by atoms with Gasteiger partial charge in [0.2, 0.25) is 5.91 Å². The quantitative estimate of drug-likeness (QED) is 0.841. The average molecular weight is 275 g/mol. The predicted octanol–water partition coefficient (Wildman–Crippen LogP) is 1.30. The van der Waals surface area contributed by atoms with Crippen molar-refractivity contribution in [2.24, 2.45) is 0 Å². The van der Waals surface area contributed by atoms with Crippen molar-refractivity contribution in [1.82, 2.24) is 4.90 Å². The van der Waals surface area contributed by atoms with Crippen molar-refractivity contribution in [2.45, 2.75) is 30.6 Å². The molecule has 0 saturated carbocycles. The van der Waals surface area contributed by atoms with Crippen molar-refractivity contribution in [3.05, 3.63) is 0 Å². The van der Waals surface area contributed by atoms with Gasteiger partial charge < -0.3 is 10.0 Å². The van der Waals surface area contributed by atoms with Crippen LogP contribution in [0, 0.1) is 0 Å². The Morgan fingerprint density at radius 3 is 2.82 bits per heavy atom. The largest absolute Gasteiger partial charge is 0.480 e. The second kappa shape index (κ2) is 6.00. The van der Waals surface area contributed by atoms with E-state index in [0.717, 1.165) is 23.7 Å². The van der Waals surface area contributed by atoms with Crippen molar-refractivity contribution >= 4 is 35.4 Å². The molecular weight excluding hydrogens is 258 g/mol.